The van der Waals surface area contributed by atoms with E-state index in [0.29, 0.717) is 56.9 Å². The Morgan fingerprint density at radius 2 is 1.36 bits per heavy atom. The molecule has 0 amide bonds. The maximum absolute atomic E-state index is 15.4. The SMILES string of the molecule is COC(=O)CCC1=C(C)c2cc3cc(C)c(cc4[nH]c(cc5nc(cc1n2)C(CCC(=O)OC)=C5C)c(C)c4[C@H](OC(=O)[C@@]12CC[C@@](C)(C(=O)O1)C2(C)C)C(F)(F)F)[nH]3. The summed E-state index contributed by atoms with van der Waals surface area (Å²) in [5.74, 6) is -2.71. The molecular weight excluding hydrogens is 769 g/mol. The van der Waals surface area contributed by atoms with E-state index in [1.54, 1.807) is 39.0 Å². The standard InChI is InChI=1S/C44H47F3N4O8/c1-21-16-25-17-29-22(2)26(10-12-35(52)56-8)32(49-29)20-33-27(11-13-36(53)57-9)23(3)30(50-33)19-31-24(4)37(34(51-31)18-28(21)48-25)38(44(45,46)47)58-40(55)43-15-14-42(7,39(54)59-43)41(43,5)6/h16-20,38,48,51H,10-15H2,1-9H3/t38-,42-,43+/m0/s1. The Morgan fingerprint density at radius 1 is 0.780 bits per heavy atom. The number of nitrogens with one attached hydrogen (secondary N) is 2. The lowest BCUT2D eigenvalue weighted by molar-refractivity contribution is -0.236. The first kappa shape index (κ1) is 41.4. The zero-order chi connectivity index (χ0) is 43.0. The molecule has 0 unspecified atom stereocenters. The minimum absolute atomic E-state index is 0.0285. The summed E-state index contributed by atoms with van der Waals surface area (Å²) in [6, 6.07) is 8.62. The van der Waals surface area contributed by atoms with Gasteiger partial charge in [0.05, 0.1) is 42.4 Å². The van der Waals surface area contributed by atoms with Crippen molar-refractivity contribution in [3.05, 3.63) is 69.8 Å². The molecule has 7 rings (SSSR count). The number of alkyl halides is 3. The third-order valence-corrected chi connectivity index (χ3v) is 13.2. The Labute approximate surface area is 338 Å². The number of aryl methyl sites for hydroxylation is 2. The van der Waals surface area contributed by atoms with Gasteiger partial charge in [0.2, 0.25) is 11.7 Å². The van der Waals surface area contributed by atoms with Crippen LogP contribution in [0.3, 0.4) is 0 Å². The molecule has 6 heterocycles. The van der Waals surface area contributed by atoms with E-state index >= 15 is 13.2 Å². The van der Waals surface area contributed by atoms with Crippen LogP contribution < -0.4 is 0 Å². The van der Waals surface area contributed by atoms with E-state index in [1.807, 2.05) is 32.9 Å². The van der Waals surface area contributed by atoms with Crippen molar-refractivity contribution in [3.63, 3.8) is 0 Å². The molecule has 1 saturated carbocycles. The smallest absolute Gasteiger partial charge is 0.429 e. The van der Waals surface area contributed by atoms with Crippen molar-refractivity contribution < 1.29 is 51.3 Å². The zero-order valence-electron chi connectivity index (χ0n) is 34.5. The van der Waals surface area contributed by atoms with E-state index < -0.39 is 46.6 Å². The number of fused-ring (bicyclic) bond motifs is 10. The van der Waals surface area contributed by atoms with Gasteiger partial charge in [0.1, 0.15) is 0 Å². The highest BCUT2D eigenvalue weighted by Gasteiger charge is 2.77. The van der Waals surface area contributed by atoms with Gasteiger partial charge in [-0.25, -0.2) is 14.8 Å². The fourth-order valence-electron chi connectivity index (χ4n) is 8.89. The van der Waals surface area contributed by atoms with Crippen molar-refractivity contribution in [3.8, 4) is 0 Å². The third-order valence-electron chi connectivity index (χ3n) is 13.2. The van der Waals surface area contributed by atoms with Crippen LogP contribution in [0.4, 0.5) is 13.2 Å². The average molecular weight is 817 g/mol. The van der Waals surface area contributed by atoms with Gasteiger partial charge in [0, 0.05) is 45.9 Å². The fraction of sp³-hybridized carbons (Fsp3) is 0.455. The highest BCUT2D eigenvalue weighted by atomic mass is 19.4. The Hall–Kier alpha value is -5.73. The number of hydrogen-bond donors (Lipinski definition) is 2. The van der Waals surface area contributed by atoms with Gasteiger partial charge < -0.3 is 28.9 Å². The lowest BCUT2D eigenvalue weighted by Gasteiger charge is -2.35. The fourth-order valence-corrected chi connectivity index (χ4v) is 8.89. The van der Waals surface area contributed by atoms with Crippen molar-refractivity contribution >= 4 is 68.2 Å². The third kappa shape index (κ3) is 6.71. The number of hydrogen-bond acceptors (Lipinski definition) is 10. The van der Waals surface area contributed by atoms with Crippen molar-refractivity contribution in [2.24, 2.45) is 10.8 Å². The summed E-state index contributed by atoms with van der Waals surface area (Å²) in [6.07, 6.45) is -6.81. The molecule has 2 fully saturated rings. The second-order valence-electron chi connectivity index (χ2n) is 16.5. The summed E-state index contributed by atoms with van der Waals surface area (Å²) in [6.45, 7) is 12.0. The van der Waals surface area contributed by atoms with Crippen LogP contribution in [0.2, 0.25) is 0 Å². The normalized spacial score (nSPS) is 21.5. The molecule has 1 aliphatic carbocycles. The van der Waals surface area contributed by atoms with Crippen molar-refractivity contribution in [2.45, 2.75) is 105 Å². The van der Waals surface area contributed by atoms with E-state index in [2.05, 4.69) is 9.97 Å². The van der Waals surface area contributed by atoms with Crippen LogP contribution >= 0.6 is 0 Å². The Balaban J connectivity index is 1.48. The molecule has 3 aromatic heterocycles. The minimum Gasteiger partial charge on any atom is -0.469 e. The number of allylic oxidation sites excluding steroid dienone is 4. The van der Waals surface area contributed by atoms with E-state index in [-0.39, 0.29) is 60.2 Å². The number of aromatic amines is 2. The van der Waals surface area contributed by atoms with Gasteiger partial charge in [-0.15, -0.1) is 0 Å². The zero-order valence-corrected chi connectivity index (χ0v) is 34.5. The molecular formula is C44H47F3N4O8. The number of aromatic nitrogens is 4. The summed E-state index contributed by atoms with van der Waals surface area (Å²) in [5.41, 5.74) is 2.91. The first-order valence-corrected chi connectivity index (χ1v) is 19.4. The summed E-state index contributed by atoms with van der Waals surface area (Å²) < 4.78 is 67.3. The Morgan fingerprint density at radius 3 is 1.86 bits per heavy atom. The number of methoxy groups -OCH3 is 2. The van der Waals surface area contributed by atoms with Gasteiger partial charge >= 0.3 is 30.1 Å². The Kier molecular flexibility index (Phi) is 10.2. The molecule has 0 aromatic carbocycles. The van der Waals surface area contributed by atoms with Crippen molar-refractivity contribution in [1.82, 2.24) is 19.9 Å². The monoisotopic (exact) mass is 816 g/mol. The van der Waals surface area contributed by atoms with Crippen LogP contribution in [0.5, 0.6) is 0 Å². The number of H-pyrrole nitrogens is 2. The van der Waals surface area contributed by atoms with Gasteiger partial charge in [0.15, 0.2) is 0 Å². The quantitative estimate of drug-likeness (QED) is 0.158. The lowest BCUT2D eigenvalue weighted by atomic mass is 9.66. The largest absolute Gasteiger partial charge is 0.469 e. The Bertz CT molecular complexity index is 2560. The number of esters is 4. The van der Waals surface area contributed by atoms with Crippen LogP contribution in [0.15, 0.2) is 30.3 Å². The summed E-state index contributed by atoms with van der Waals surface area (Å²) in [5, 5.41) is 0. The molecule has 10 bridgehead atoms. The first-order chi connectivity index (χ1) is 27.6. The van der Waals surface area contributed by atoms with Gasteiger partial charge in [0.25, 0.3) is 0 Å². The molecule has 15 heteroatoms. The molecule has 3 aliphatic heterocycles. The minimum atomic E-state index is -5.09. The van der Waals surface area contributed by atoms with Gasteiger partial charge in [-0.3, -0.25) is 14.4 Å². The van der Waals surface area contributed by atoms with E-state index in [4.69, 9.17) is 28.9 Å². The van der Waals surface area contributed by atoms with Gasteiger partial charge in [-0.05, 0) is 124 Å². The van der Waals surface area contributed by atoms with Crippen molar-refractivity contribution in [2.75, 3.05) is 14.2 Å². The number of rotatable bonds is 9. The highest BCUT2D eigenvalue weighted by Crippen LogP contribution is 2.66. The molecule has 312 valence electrons. The number of carbonyl (C=O) groups excluding carboxylic acids is 4. The maximum atomic E-state index is 15.4. The van der Waals surface area contributed by atoms with Crippen LogP contribution in [0.25, 0.3) is 44.4 Å². The molecule has 12 nitrogen and oxygen atoms in total. The molecule has 3 atom stereocenters. The van der Waals surface area contributed by atoms with E-state index in [1.165, 1.54) is 21.1 Å². The second-order valence-corrected chi connectivity index (χ2v) is 16.5. The number of carbonyl (C=O) groups is 4. The van der Waals surface area contributed by atoms with Crippen LogP contribution in [0, 0.1) is 24.7 Å². The number of ether oxygens (including phenoxy) is 4. The topological polar surface area (TPSA) is 163 Å². The first-order valence-electron chi connectivity index (χ1n) is 19.4. The molecule has 1 saturated heterocycles. The van der Waals surface area contributed by atoms with Crippen LogP contribution in [-0.4, -0.2) is 69.8 Å². The van der Waals surface area contributed by atoms with Crippen LogP contribution in [0.1, 0.15) is 119 Å². The average Bonchev–Trinajstić information content (AvgIpc) is 3.93. The van der Waals surface area contributed by atoms with Gasteiger partial charge in [-0.1, -0.05) is 13.8 Å². The summed E-state index contributed by atoms with van der Waals surface area (Å²) >= 11 is 0. The highest BCUT2D eigenvalue weighted by molar-refractivity contribution is 5.97. The van der Waals surface area contributed by atoms with Crippen molar-refractivity contribution in [1.29, 1.82) is 0 Å². The van der Waals surface area contributed by atoms with Gasteiger partial charge in [-0.2, -0.15) is 13.2 Å². The lowest BCUT2D eigenvalue weighted by Crippen LogP contribution is -2.50. The van der Waals surface area contributed by atoms with E-state index in [0.717, 1.165) is 11.1 Å². The molecule has 3 aromatic rings. The van der Waals surface area contributed by atoms with E-state index in [9.17, 15) is 19.2 Å². The van der Waals surface area contributed by atoms with Crippen LogP contribution in [-0.2, 0) is 38.1 Å². The molecule has 0 spiro atoms. The molecule has 0 radical (unpaired) electrons. The molecule has 4 aliphatic rings. The maximum Gasteiger partial charge on any atom is 0.429 e. The molecule has 2 N–H and O–H groups in total. The molecule has 59 heavy (non-hydrogen) atoms. The summed E-state index contributed by atoms with van der Waals surface area (Å²) in [7, 11) is 2.62. The second kappa shape index (κ2) is 14.5. The predicted octanol–water partition coefficient (Wildman–Crippen LogP) is 8.97. The number of nitrogens with zero attached hydrogens (tertiary/aromatic N) is 2. The number of halogens is 3. The predicted molar refractivity (Wildman–Crippen MR) is 213 cm³/mol. The summed E-state index contributed by atoms with van der Waals surface area (Å²) in [4.78, 5) is 68.0.